The Morgan fingerprint density at radius 3 is 2.24 bits per heavy atom. The van der Waals surface area contributed by atoms with Crippen LogP contribution in [-0.2, 0) is 9.53 Å². The monoisotopic (exact) mass is 282 g/mol. The third kappa shape index (κ3) is 4.31. The predicted octanol–water partition coefficient (Wildman–Crippen LogP) is 3.09. The zero-order valence-corrected chi connectivity index (χ0v) is 11.5. The smallest absolute Gasteiger partial charge is 0.337 e. The summed E-state index contributed by atoms with van der Waals surface area (Å²) < 4.78 is 9.73. The maximum Gasteiger partial charge on any atom is 0.337 e. The van der Waals surface area contributed by atoms with Gasteiger partial charge in [0.2, 0.25) is 0 Å². The van der Waals surface area contributed by atoms with Crippen LogP contribution in [0.4, 0.5) is 0 Å². The lowest BCUT2D eigenvalue weighted by Crippen LogP contribution is -2.03. The van der Waals surface area contributed by atoms with Crippen LogP contribution in [0, 0.1) is 0 Å². The van der Waals surface area contributed by atoms with Crippen molar-refractivity contribution in [3.8, 4) is 5.75 Å². The Balaban J connectivity index is 1.97. The summed E-state index contributed by atoms with van der Waals surface area (Å²) in [5.41, 5.74) is 1.24. The van der Waals surface area contributed by atoms with E-state index in [0.29, 0.717) is 11.3 Å². The number of methoxy groups -OCH3 is 1. The molecule has 106 valence electrons. The second-order valence-corrected chi connectivity index (χ2v) is 4.18. The largest absolute Gasteiger partial charge is 0.465 e. The molecule has 21 heavy (non-hydrogen) atoms. The van der Waals surface area contributed by atoms with Gasteiger partial charge in [0.15, 0.2) is 0 Å². The first-order valence-electron chi connectivity index (χ1n) is 6.32. The molecule has 0 aliphatic rings. The lowest BCUT2D eigenvalue weighted by molar-refractivity contribution is -0.128. The fourth-order valence-electron chi connectivity index (χ4n) is 1.65. The number of esters is 2. The summed E-state index contributed by atoms with van der Waals surface area (Å²) in [7, 11) is 1.33. The van der Waals surface area contributed by atoms with Crippen molar-refractivity contribution in [3.05, 3.63) is 71.8 Å². The van der Waals surface area contributed by atoms with E-state index in [1.807, 2.05) is 6.07 Å². The number of hydrogen-bond acceptors (Lipinski definition) is 4. The fourth-order valence-corrected chi connectivity index (χ4v) is 1.65. The van der Waals surface area contributed by atoms with Gasteiger partial charge in [-0.05, 0) is 35.9 Å². The van der Waals surface area contributed by atoms with Gasteiger partial charge >= 0.3 is 11.9 Å². The SMILES string of the molecule is COC(=O)c1ccc(/C=C/C(=O)Oc2ccccc2)cc1. The van der Waals surface area contributed by atoms with Gasteiger partial charge < -0.3 is 9.47 Å². The topological polar surface area (TPSA) is 52.6 Å². The predicted molar refractivity (Wildman–Crippen MR) is 78.9 cm³/mol. The number of carbonyl (C=O) groups excluding carboxylic acids is 2. The Bertz CT molecular complexity index is 642. The van der Waals surface area contributed by atoms with E-state index in [-0.39, 0.29) is 0 Å². The normalized spacial score (nSPS) is 10.3. The van der Waals surface area contributed by atoms with E-state index in [2.05, 4.69) is 4.74 Å². The molecule has 0 saturated carbocycles. The minimum Gasteiger partial charge on any atom is -0.465 e. The fraction of sp³-hybridized carbons (Fsp3) is 0.0588. The summed E-state index contributed by atoms with van der Waals surface area (Å²) in [4.78, 5) is 22.9. The van der Waals surface area contributed by atoms with Crippen LogP contribution in [0.3, 0.4) is 0 Å². The van der Waals surface area contributed by atoms with Crippen molar-refractivity contribution in [3.63, 3.8) is 0 Å². The van der Waals surface area contributed by atoms with Gasteiger partial charge in [-0.25, -0.2) is 9.59 Å². The van der Waals surface area contributed by atoms with Gasteiger partial charge in [0, 0.05) is 6.08 Å². The van der Waals surface area contributed by atoms with Gasteiger partial charge in [0.25, 0.3) is 0 Å². The minimum absolute atomic E-state index is 0.394. The van der Waals surface area contributed by atoms with Crippen LogP contribution in [-0.4, -0.2) is 19.0 Å². The van der Waals surface area contributed by atoms with Crippen LogP contribution < -0.4 is 4.74 Å². The molecule has 0 aromatic heterocycles. The standard InChI is InChI=1S/C17H14O4/c1-20-17(19)14-10-7-13(8-11-14)9-12-16(18)21-15-5-3-2-4-6-15/h2-12H,1H3/b12-9+. The molecular formula is C17H14O4. The van der Waals surface area contributed by atoms with Crippen molar-refractivity contribution < 1.29 is 19.1 Å². The first kappa shape index (κ1) is 14.5. The summed E-state index contributed by atoms with van der Waals surface area (Å²) in [5, 5.41) is 0. The molecule has 4 heteroatoms. The van der Waals surface area contributed by atoms with E-state index in [1.54, 1.807) is 54.6 Å². The molecule has 4 nitrogen and oxygen atoms in total. The minimum atomic E-state index is -0.460. The van der Waals surface area contributed by atoms with E-state index >= 15 is 0 Å². The highest BCUT2D eigenvalue weighted by molar-refractivity contribution is 5.90. The lowest BCUT2D eigenvalue weighted by atomic mass is 10.1. The molecule has 2 aromatic carbocycles. The Morgan fingerprint density at radius 1 is 0.952 bits per heavy atom. The van der Waals surface area contributed by atoms with Gasteiger partial charge in [-0.15, -0.1) is 0 Å². The van der Waals surface area contributed by atoms with Crippen LogP contribution >= 0.6 is 0 Å². The van der Waals surface area contributed by atoms with E-state index in [1.165, 1.54) is 13.2 Å². The molecule has 0 amide bonds. The highest BCUT2D eigenvalue weighted by Gasteiger charge is 2.03. The molecule has 0 N–H and O–H groups in total. The van der Waals surface area contributed by atoms with Gasteiger partial charge in [-0.1, -0.05) is 30.3 Å². The summed E-state index contributed by atoms with van der Waals surface area (Å²) in [5.74, 6) is -0.361. The van der Waals surface area contributed by atoms with E-state index in [4.69, 9.17) is 4.74 Å². The number of rotatable bonds is 4. The number of ether oxygens (including phenoxy) is 2. The summed E-state index contributed by atoms with van der Waals surface area (Å²) >= 11 is 0. The summed E-state index contributed by atoms with van der Waals surface area (Å²) in [6.07, 6.45) is 2.95. The van der Waals surface area contributed by atoms with Gasteiger partial charge in [0.05, 0.1) is 12.7 Å². The first-order valence-corrected chi connectivity index (χ1v) is 6.32. The molecule has 2 aromatic rings. The molecule has 0 heterocycles. The maximum atomic E-state index is 11.6. The molecule has 0 spiro atoms. The number of para-hydroxylation sites is 1. The first-order chi connectivity index (χ1) is 10.2. The number of benzene rings is 2. The van der Waals surface area contributed by atoms with Crippen LogP contribution in [0.2, 0.25) is 0 Å². The van der Waals surface area contributed by atoms with Crippen LogP contribution in [0.25, 0.3) is 6.08 Å². The van der Waals surface area contributed by atoms with Crippen LogP contribution in [0.15, 0.2) is 60.7 Å². The zero-order chi connectivity index (χ0) is 15.1. The second kappa shape index (κ2) is 7.05. The quantitative estimate of drug-likeness (QED) is 0.491. The van der Waals surface area contributed by atoms with Gasteiger partial charge in [0.1, 0.15) is 5.75 Å². The third-order valence-corrected chi connectivity index (χ3v) is 2.71. The number of carbonyl (C=O) groups is 2. The molecule has 0 saturated heterocycles. The molecule has 0 aliphatic carbocycles. The van der Waals surface area contributed by atoms with Crippen molar-refractivity contribution in [2.45, 2.75) is 0 Å². The second-order valence-electron chi connectivity index (χ2n) is 4.18. The molecule has 0 bridgehead atoms. The Morgan fingerprint density at radius 2 is 1.62 bits per heavy atom. The average Bonchev–Trinajstić information content (AvgIpc) is 2.53. The van der Waals surface area contributed by atoms with Crippen molar-refractivity contribution >= 4 is 18.0 Å². The lowest BCUT2D eigenvalue weighted by Gasteiger charge is -2.00. The zero-order valence-electron chi connectivity index (χ0n) is 11.5. The van der Waals surface area contributed by atoms with Crippen LogP contribution in [0.1, 0.15) is 15.9 Å². The van der Waals surface area contributed by atoms with E-state index < -0.39 is 11.9 Å². The summed E-state index contributed by atoms with van der Waals surface area (Å²) in [6, 6.07) is 15.5. The molecule has 0 fully saturated rings. The molecule has 0 atom stereocenters. The summed E-state index contributed by atoms with van der Waals surface area (Å²) in [6.45, 7) is 0. The Hall–Kier alpha value is -2.88. The molecular weight excluding hydrogens is 268 g/mol. The van der Waals surface area contributed by atoms with Crippen molar-refractivity contribution in [2.75, 3.05) is 7.11 Å². The number of hydrogen-bond donors (Lipinski definition) is 0. The Labute approximate surface area is 122 Å². The average molecular weight is 282 g/mol. The highest BCUT2D eigenvalue weighted by Crippen LogP contribution is 2.10. The van der Waals surface area contributed by atoms with Gasteiger partial charge in [-0.3, -0.25) is 0 Å². The van der Waals surface area contributed by atoms with E-state index in [9.17, 15) is 9.59 Å². The van der Waals surface area contributed by atoms with Gasteiger partial charge in [-0.2, -0.15) is 0 Å². The highest BCUT2D eigenvalue weighted by atomic mass is 16.5. The van der Waals surface area contributed by atoms with E-state index in [0.717, 1.165) is 5.56 Å². The molecule has 0 radical (unpaired) electrons. The molecule has 2 rings (SSSR count). The maximum absolute atomic E-state index is 11.6. The van der Waals surface area contributed by atoms with Crippen LogP contribution in [0.5, 0.6) is 5.75 Å². The van der Waals surface area contributed by atoms with Crippen molar-refractivity contribution in [1.82, 2.24) is 0 Å². The Kier molecular flexibility index (Phi) is 4.88. The van der Waals surface area contributed by atoms with Crippen molar-refractivity contribution in [2.24, 2.45) is 0 Å². The van der Waals surface area contributed by atoms with Crippen molar-refractivity contribution in [1.29, 1.82) is 0 Å². The molecule has 0 aliphatic heterocycles. The molecule has 0 unspecified atom stereocenters. The third-order valence-electron chi connectivity index (χ3n) is 2.71.